The van der Waals surface area contributed by atoms with Crippen LogP contribution in [0.4, 0.5) is 0 Å². The zero-order valence-corrected chi connectivity index (χ0v) is 24.2. The van der Waals surface area contributed by atoms with Gasteiger partial charge in [-0.2, -0.15) is 0 Å². The number of carbonyl (C=O) groups is 3. The maximum atomic E-state index is 14.6. The number of hydrogen-bond acceptors (Lipinski definition) is 8. The zero-order valence-electron chi connectivity index (χ0n) is 24.2. The molecule has 0 aliphatic carbocycles. The van der Waals surface area contributed by atoms with Crippen LogP contribution in [-0.2, 0) is 30.5 Å². The summed E-state index contributed by atoms with van der Waals surface area (Å²) < 4.78 is 13.9. The highest BCUT2D eigenvalue weighted by Gasteiger charge is 2.80. The van der Waals surface area contributed by atoms with E-state index in [9.17, 15) is 19.5 Å². The van der Waals surface area contributed by atoms with Crippen molar-refractivity contribution in [3.05, 3.63) is 36.9 Å². The fourth-order valence-electron chi connectivity index (χ4n) is 7.33. The van der Waals surface area contributed by atoms with Gasteiger partial charge in [-0.25, -0.2) is 4.68 Å². The molecule has 0 saturated carbocycles. The average molecular weight is 568 g/mol. The topological polar surface area (TPSA) is 127 Å². The van der Waals surface area contributed by atoms with Gasteiger partial charge in [-0.15, -0.1) is 11.7 Å². The Bertz CT molecular complexity index is 1310. The smallest absolute Gasteiger partial charge is 0.312 e. The summed E-state index contributed by atoms with van der Waals surface area (Å²) in [6.45, 7) is 10.5. The molecule has 3 aliphatic rings. The number of fused-ring (bicyclic) bond motifs is 2. The van der Waals surface area contributed by atoms with Crippen molar-refractivity contribution < 1.29 is 29.0 Å². The number of aliphatic hydroxyl groups is 1. The maximum absolute atomic E-state index is 14.6. The molecule has 3 unspecified atom stereocenters. The Morgan fingerprint density at radius 1 is 1.27 bits per heavy atom. The van der Waals surface area contributed by atoms with Crippen LogP contribution in [0.25, 0.3) is 11.0 Å². The van der Waals surface area contributed by atoms with Gasteiger partial charge in [-0.3, -0.25) is 14.4 Å². The molecule has 3 aliphatic heterocycles. The second-order valence-corrected chi connectivity index (χ2v) is 11.7. The summed E-state index contributed by atoms with van der Waals surface area (Å²) in [5, 5.41) is 17.7. The van der Waals surface area contributed by atoms with Gasteiger partial charge in [0.05, 0.1) is 23.6 Å². The fourth-order valence-corrected chi connectivity index (χ4v) is 7.33. The number of para-hydroxylation sites is 1. The summed E-state index contributed by atoms with van der Waals surface area (Å²) in [5.41, 5.74) is -0.553. The Balaban J connectivity index is 1.52. The van der Waals surface area contributed by atoms with Crippen LogP contribution in [0.15, 0.2) is 36.9 Å². The molecule has 11 heteroatoms. The third-order valence-electron chi connectivity index (χ3n) is 9.28. The van der Waals surface area contributed by atoms with Crippen molar-refractivity contribution in [2.45, 2.75) is 76.8 Å². The van der Waals surface area contributed by atoms with E-state index in [1.54, 1.807) is 27.5 Å². The number of likely N-dealkylation sites (tertiary alicyclic amines) is 1. The van der Waals surface area contributed by atoms with Crippen molar-refractivity contribution in [1.82, 2.24) is 24.8 Å². The van der Waals surface area contributed by atoms with Crippen LogP contribution in [0.1, 0.15) is 52.9 Å². The lowest BCUT2D eigenvalue weighted by Gasteiger charge is -2.37. The molecule has 11 nitrogen and oxygen atoms in total. The Morgan fingerprint density at radius 3 is 2.76 bits per heavy atom. The normalized spacial score (nSPS) is 30.1. The lowest BCUT2D eigenvalue weighted by Crippen LogP contribution is -2.56. The molecular formula is C30H41N5O6. The molecule has 2 aromatic rings. The van der Waals surface area contributed by atoms with E-state index in [-0.39, 0.29) is 44.2 Å². The van der Waals surface area contributed by atoms with Crippen LogP contribution < -0.4 is 0 Å². The first-order chi connectivity index (χ1) is 19.7. The lowest BCUT2D eigenvalue weighted by molar-refractivity contribution is -0.162. The first-order valence-electron chi connectivity index (χ1n) is 14.7. The van der Waals surface area contributed by atoms with Gasteiger partial charge >= 0.3 is 5.97 Å². The predicted octanol–water partition coefficient (Wildman–Crippen LogP) is 2.53. The molecular weight excluding hydrogens is 526 g/mol. The highest BCUT2D eigenvalue weighted by atomic mass is 16.6. The van der Waals surface area contributed by atoms with Gasteiger partial charge < -0.3 is 24.4 Å². The molecule has 0 radical (unpaired) electrons. The molecule has 3 fully saturated rings. The van der Waals surface area contributed by atoms with Crippen LogP contribution in [0.5, 0.6) is 0 Å². The first kappa shape index (κ1) is 29.2. The average Bonchev–Trinajstić information content (AvgIpc) is 3.62. The van der Waals surface area contributed by atoms with E-state index >= 15 is 0 Å². The van der Waals surface area contributed by atoms with Crippen LogP contribution in [0.3, 0.4) is 0 Å². The van der Waals surface area contributed by atoms with Gasteiger partial charge in [0.15, 0.2) is 0 Å². The molecule has 3 saturated heterocycles. The number of esters is 1. The molecule has 4 heterocycles. The minimum atomic E-state index is -1.14. The maximum Gasteiger partial charge on any atom is 0.312 e. The molecule has 5 rings (SSSR count). The van der Waals surface area contributed by atoms with E-state index in [1.165, 1.54) is 0 Å². The van der Waals surface area contributed by atoms with Crippen molar-refractivity contribution >= 4 is 28.8 Å². The van der Waals surface area contributed by atoms with E-state index in [4.69, 9.17) is 9.47 Å². The number of ether oxygens (including phenoxy) is 2. The highest BCUT2D eigenvalue weighted by molar-refractivity contribution is 5.98. The van der Waals surface area contributed by atoms with Crippen LogP contribution >= 0.6 is 0 Å². The molecule has 222 valence electrons. The number of nitrogens with zero attached hydrogens (tertiary/aromatic N) is 5. The van der Waals surface area contributed by atoms with Crippen molar-refractivity contribution in [2.24, 2.45) is 17.8 Å². The van der Waals surface area contributed by atoms with Crippen molar-refractivity contribution in [2.75, 3.05) is 26.3 Å². The molecule has 1 spiro atoms. The van der Waals surface area contributed by atoms with E-state index in [0.29, 0.717) is 25.8 Å². The number of aliphatic hydroxyl groups excluding tert-OH is 1. The summed E-state index contributed by atoms with van der Waals surface area (Å²) in [4.78, 5) is 45.5. The Hall–Kier alpha value is -3.31. The first-order valence-corrected chi connectivity index (χ1v) is 14.7. The van der Waals surface area contributed by atoms with Crippen molar-refractivity contribution in [1.29, 1.82) is 0 Å². The summed E-state index contributed by atoms with van der Waals surface area (Å²) in [6.07, 6.45) is 5.13. The van der Waals surface area contributed by atoms with E-state index in [1.807, 2.05) is 38.1 Å². The highest BCUT2D eigenvalue weighted by Crippen LogP contribution is 2.65. The molecule has 1 aromatic heterocycles. The number of carbonyl (C=O) groups excluding carboxylic acids is 3. The Labute approximate surface area is 240 Å². The quantitative estimate of drug-likeness (QED) is 0.222. The number of benzene rings is 1. The summed E-state index contributed by atoms with van der Waals surface area (Å²) in [7, 11) is 0. The number of hydrogen-bond donors (Lipinski definition) is 1. The van der Waals surface area contributed by atoms with Gasteiger partial charge in [0.25, 0.3) is 0 Å². The van der Waals surface area contributed by atoms with Crippen molar-refractivity contribution in [3.8, 4) is 0 Å². The van der Waals surface area contributed by atoms with Gasteiger partial charge in [0, 0.05) is 19.7 Å². The minimum absolute atomic E-state index is 0.0622. The SMILES string of the molecule is C=CCN(Cn1nnc2ccccc21)C(=O)C1N(CCCCCCO)C(=O)[C@@H]2[C@H](C(=O)OCC)[C@@]3(C)OC12CC3C. The zero-order chi connectivity index (χ0) is 29.4. The third-order valence-corrected chi connectivity index (χ3v) is 9.28. The van der Waals surface area contributed by atoms with Gasteiger partial charge in [0.1, 0.15) is 29.7 Å². The third kappa shape index (κ3) is 4.72. The number of unbranched alkanes of at least 4 members (excludes halogenated alkanes) is 3. The summed E-state index contributed by atoms with van der Waals surface area (Å²) in [6, 6.07) is 6.62. The van der Waals surface area contributed by atoms with Gasteiger partial charge in [0.2, 0.25) is 11.8 Å². The van der Waals surface area contributed by atoms with Crippen molar-refractivity contribution in [3.63, 3.8) is 0 Å². The number of rotatable bonds is 13. The molecule has 1 aromatic carbocycles. The van der Waals surface area contributed by atoms with E-state index in [0.717, 1.165) is 23.9 Å². The lowest BCUT2D eigenvalue weighted by atomic mass is 9.62. The summed E-state index contributed by atoms with van der Waals surface area (Å²) in [5.74, 6) is -2.60. The molecule has 1 N–H and O–H groups in total. The largest absolute Gasteiger partial charge is 0.466 e. The Morgan fingerprint density at radius 2 is 2.02 bits per heavy atom. The van der Waals surface area contributed by atoms with E-state index in [2.05, 4.69) is 16.9 Å². The molecule has 2 amide bonds. The fraction of sp³-hybridized carbons (Fsp3) is 0.633. The van der Waals surface area contributed by atoms with Crippen LogP contribution in [0, 0.1) is 17.8 Å². The molecule has 2 bridgehead atoms. The van der Waals surface area contributed by atoms with Gasteiger partial charge in [-0.1, -0.05) is 43.2 Å². The summed E-state index contributed by atoms with van der Waals surface area (Å²) >= 11 is 0. The predicted molar refractivity (Wildman–Crippen MR) is 150 cm³/mol. The number of amides is 2. The van der Waals surface area contributed by atoms with E-state index < -0.39 is 35.0 Å². The second-order valence-electron chi connectivity index (χ2n) is 11.7. The Kier molecular flexibility index (Phi) is 8.20. The standard InChI is InChI=1S/C30H41N5O6/c1-5-15-33(19-35-22-14-10-9-13-21(22)31-32-35)27(38)25-30-18-20(3)29(4,41-30)24(28(39)40-6-2)23(30)26(37)34(25)16-11-7-8-12-17-36/h5,9-10,13-14,20,23-25,36H,1,6-8,11-12,15-19H2,2-4H3/t20?,23-,24+,25?,29-,30?/m0/s1. The van der Waals surface area contributed by atoms with Gasteiger partial charge in [-0.05, 0) is 51.2 Å². The monoisotopic (exact) mass is 567 g/mol. The van der Waals surface area contributed by atoms with Crippen LogP contribution in [-0.4, -0.2) is 91.2 Å². The molecule has 41 heavy (non-hydrogen) atoms. The molecule has 6 atom stereocenters. The minimum Gasteiger partial charge on any atom is -0.466 e. The number of aromatic nitrogens is 3. The second kappa shape index (κ2) is 11.5. The van der Waals surface area contributed by atoms with Crippen LogP contribution in [0.2, 0.25) is 0 Å².